The Labute approximate surface area is 198 Å². The molecule has 1 aromatic heterocycles. The van der Waals surface area contributed by atoms with Crippen molar-refractivity contribution in [3.05, 3.63) is 36.0 Å². The summed E-state index contributed by atoms with van der Waals surface area (Å²) >= 11 is 0. The number of aliphatic carboxylic acids is 1. The second kappa shape index (κ2) is 11.8. The van der Waals surface area contributed by atoms with E-state index in [0.717, 1.165) is 43.0 Å². The van der Waals surface area contributed by atoms with Gasteiger partial charge in [0.25, 0.3) is 0 Å². The number of likely N-dealkylation sites (tertiary alicyclic amines) is 1. The van der Waals surface area contributed by atoms with Crippen molar-refractivity contribution in [2.45, 2.75) is 70.6 Å². The van der Waals surface area contributed by atoms with Gasteiger partial charge in [-0.1, -0.05) is 19.3 Å². The maximum Gasteiger partial charge on any atom is 0.303 e. The molecule has 2 aliphatic rings. The van der Waals surface area contributed by atoms with Gasteiger partial charge < -0.3 is 14.7 Å². The molecule has 5 nitrogen and oxygen atoms in total. The fourth-order valence-corrected chi connectivity index (χ4v) is 6.15. The van der Waals surface area contributed by atoms with Crippen molar-refractivity contribution in [3.8, 4) is 5.75 Å². The predicted octanol–water partition coefficient (Wildman–Crippen LogP) is 5.95. The summed E-state index contributed by atoms with van der Waals surface area (Å²) in [6.45, 7) is 3.49. The lowest BCUT2D eigenvalue weighted by Gasteiger charge is -2.40. The summed E-state index contributed by atoms with van der Waals surface area (Å²) in [6.07, 6.45) is 14.5. The summed E-state index contributed by atoms with van der Waals surface area (Å²) in [5.74, 6) is 2.21. The van der Waals surface area contributed by atoms with Gasteiger partial charge in [-0.3, -0.25) is 9.78 Å². The van der Waals surface area contributed by atoms with Crippen molar-refractivity contribution < 1.29 is 14.6 Å². The Balaban J connectivity index is 1.35. The van der Waals surface area contributed by atoms with Gasteiger partial charge >= 0.3 is 5.97 Å². The number of hydrogen-bond donors (Lipinski definition) is 1. The Morgan fingerprint density at radius 2 is 1.97 bits per heavy atom. The van der Waals surface area contributed by atoms with Crippen molar-refractivity contribution in [2.24, 2.45) is 17.8 Å². The second-order valence-electron chi connectivity index (χ2n) is 10.3. The Kier molecular flexibility index (Phi) is 8.60. The van der Waals surface area contributed by atoms with Gasteiger partial charge in [0.15, 0.2) is 0 Å². The molecule has 1 aliphatic carbocycles. The molecular weight excluding hydrogens is 412 g/mol. The van der Waals surface area contributed by atoms with Crippen LogP contribution >= 0.6 is 0 Å². The summed E-state index contributed by atoms with van der Waals surface area (Å²) in [6, 6.07) is 8.22. The normalized spacial score (nSPS) is 22.5. The van der Waals surface area contributed by atoms with Crippen LogP contribution in [0.1, 0.15) is 69.8 Å². The second-order valence-corrected chi connectivity index (χ2v) is 10.3. The zero-order valence-corrected chi connectivity index (χ0v) is 20.2. The number of fused-ring (bicyclic) bond motifs is 1. The number of aromatic nitrogens is 1. The molecule has 2 atom stereocenters. The maximum absolute atomic E-state index is 11.3. The third-order valence-electron chi connectivity index (χ3n) is 8.01. The van der Waals surface area contributed by atoms with Gasteiger partial charge in [0.2, 0.25) is 0 Å². The van der Waals surface area contributed by atoms with E-state index in [2.05, 4.69) is 22.0 Å². The summed E-state index contributed by atoms with van der Waals surface area (Å²) in [5.41, 5.74) is 2.35. The summed E-state index contributed by atoms with van der Waals surface area (Å²) in [7, 11) is 1.70. The number of aryl methyl sites for hydroxylation is 1. The molecule has 0 amide bonds. The molecule has 0 spiro atoms. The minimum atomic E-state index is -0.657. The molecule has 2 fully saturated rings. The topological polar surface area (TPSA) is 62.7 Å². The van der Waals surface area contributed by atoms with Crippen LogP contribution in [0.15, 0.2) is 30.5 Å². The molecule has 1 saturated heterocycles. The molecule has 4 rings (SSSR count). The van der Waals surface area contributed by atoms with E-state index in [4.69, 9.17) is 4.74 Å². The lowest BCUT2D eigenvalue weighted by atomic mass is 9.78. The molecule has 180 valence electrons. The highest BCUT2D eigenvalue weighted by Crippen LogP contribution is 2.34. The summed E-state index contributed by atoms with van der Waals surface area (Å²) in [4.78, 5) is 18.5. The number of carboxylic acids is 1. The predicted molar refractivity (Wildman–Crippen MR) is 133 cm³/mol. The maximum atomic E-state index is 11.3. The van der Waals surface area contributed by atoms with Crippen molar-refractivity contribution >= 4 is 16.9 Å². The van der Waals surface area contributed by atoms with Crippen LogP contribution in [0.4, 0.5) is 0 Å². The lowest BCUT2D eigenvalue weighted by molar-refractivity contribution is -0.137. The van der Waals surface area contributed by atoms with Gasteiger partial charge in [0.1, 0.15) is 5.75 Å². The monoisotopic (exact) mass is 452 g/mol. The van der Waals surface area contributed by atoms with Gasteiger partial charge in [-0.25, -0.2) is 0 Å². The highest BCUT2D eigenvalue weighted by atomic mass is 16.5. The van der Waals surface area contributed by atoms with E-state index in [-0.39, 0.29) is 0 Å². The zero-order valence-electron chi connectivity index (χ0n) is 20.2. The van der Waals surface area contributed by atoms with E-state index in [0.29, 0.717) is 18.3 Å². The molecule has 1 saturated carbocycles. The molecular formula is C28H40N2O3. The van der Waals surface area contributed by atoms with Gasteiger partial charge in [-0.2, -0.15) is 0 Å². The minimum absolute atomic E-state index is 0.299. The number of piperidine rings is 1. The van der Waals surface area contributed by atoms with E-state index < -0.39 is 5.97 Å². The van der Waals surface area contributed by atoms with E-state index in [1.807, 2.05) is 18.3 Å². The van der Waals surface area contributed by atoms with Gasteiger partial charge in [0, 0.05) is 31.1 Å². The molecule has 0 radical (unpaired) electrons. The van der Waals surface area contributed by atoms with E-state index in [9.17, 15) is 9.90 Å². The van der Waals surface area contributed by atoms with Crippen LogP contribution in [-0.4, -0.2) is 47.7 Å². The summed E-state index contributed by atoms with van der Waals surface area (Å²) < 4.78 is 5.42. The lowest BCUT2D eigenvalue weighted by Crippen LogP contribution is -2.43. The van der Waals surface area contributed by atoms with Gasteiger partial charge in [-0.15, -0.1) is 0 Å². The van der Waals surface area contributed by atoms with Crippen molar-refractivity contribution in [1.82, 2.24) is 9.88 Å². The first-order valence-electron chi connectivity index (χ1n) is 13.0. The number of ether oxygens (including phenoxy) is 1. The fourth-order valence-electron chi connectivity index (χ4n) is 6.15. The number of pyridine rings is 1. The van der Waals surface area contributed by atoms with Crippen LogP contribution < -0.4 is 4.74 Å². The molecule has 33 heavy (non-hydrogen) atoms. The molecule has 0 unspecified atom stereocenters. The third-order valence-corrected chi connectivity index (χ3v) is 8.01. The molecule has 1 aliphatic heterocycles. The molecule has 1 aromatic carbocycles. The SMILES string of the molecule is COc1ccc2nccc(CCC[C@@H]3CCN(CC4CCCCC4)C[C@@H]3CCC(=O)O)c2c1. The van der Waals surface area contributed by atoms with Gasteiger partial charge in [-0.05, 0) is 99.1 Å². The number of hydrogen-bond acceptors (Lipinski definition) is 4. The largest absolute Gasteiger partial charge is 0.497 e. The minimum Gasteiger partial charge on any atom is -0.497 e. The Morgan fingerprint density at radius 3 is 2.76 bits per heavy atom. The number of carbonyl (C=O) groups is 1. The Hall–Kier alpha value is -2.14. The number of nitrogens with zero attached hydrogens (tertiary/aromatic N) is 2. The highest BCUT2D eigenvalue weighted by molar-refractivity contribution is 5.83. The average molecular weight is 453 g/mol. The first-order chi connectivity index (χ1) is 16.1. The van der Waals surface area contributed by atoms with E-state index >= 15 is 0 Å². The van der Waals surface area contributed by atoms with Crippen molar-refractivity contribution in [2.75, 3.05) is 26.7 Å². The third kappa shape index (κ3) is 6.69. The smallest absolute Gasteiger partial charge is 0.303 e. The average Bonchev–Trinajstić information content (AvgIpc) is 2.84. The van der Waals surface area contributed by atoms with E-state index in [1.54, 1.807) is 7.11 Å². The van der Waals surface area contributed by atoms with Crippen LogP contribution in [0.25, 0.3) is 10.9 Å². The number of benzene rings is 1. The Morgan fingerprint density at radius 1 is 1.12 bits per heavy atom. The highest BCUT2D eigenvalue weighted by Gasteiger charge is 2.30. The number of carboxylic acid groups (broad SMARTS) is 1. The van der Waals surface area contributed by atoms with Crippen molar-refractivity contribution in [3.63, 3.8) is 0 Å². The van der Waals surface area contributed by atoms with Crippen molar-refractivity contribution in [1.29, 1.82) is 0 Å². The molecule has 2 heterocycles. The summed E-state index contributed by atoms with van der Waals surface area (Å²) in [5, 5.41) is 10.5. The Bertz CT molecular complexity index is 909. The molecule has 0 bridgehead atoms. The van der Waals surface area contributed by atoms with Crippen LogP contribution in [0.2, 0.25) is 0 Å². The van der Waals surface area contributed by atoms with E-state index in [1.165, 1.54) is 69.0 Å². The van der Waals surface area contributed by atoms with Crippen LogP contribution in [0, 0.1) is 17.8 Å². The number of methoxy groups -OCH3 is 1. The number of rotatable bonds is 10. The first-order valence-corrected chi connectivity index (χ1v) is 13.0. The van der Waals surface area contributed by atoms with Crippen LogP contribution in [0.5, 0.6) is 5.75 Å². The van der Waals surface area contributed by atoms with Gasteiger partial charge in [0.05, 0.1) is 12.6 Å². The standard InChI is InChI=1S/C28H40N2O3/c1-33-25-11-12-27-26(18-25)23(14-16-29-27)9-5-8-22-15-17-30(19-21-6-3-2-4-7-21)20-24(22)10-13-28(31)32/h11-12,14,16,18,21-22,24H,2-10,13,15,17,19-20H2,1H3,(H,31,32)/t22-,24+/m1/s1. The molecule has 5 heteroatoms. The first kappa shape index (κ1) is 24.0. The fraction of sp³-hybridized carbons (Fsp3) is 0.643. The van der Waals surface area contributed by atoms with Crippen LogP contribution in [0.3, 0.4) is 0 Å². The molecule has 2 aromatic rings. The quantitative estimate of drug-likeness (QED) is 0.483. The zero-order chi connectivity index (χ0) is 23.0. The molecule has 1 N–H and O–H groups in total. The van der Waals surface area contributed by atoms with Crippen LogP contribution in [-0.2, 0) is 11.2 Å².